The van der Waals surface area contributed by atoms with E-state index in [1.807, 2.05) is 0 Å². The molecule has 0 fully saturated rings. The predicted molar refractivity (Wildman–Crippen MR) is 71.1 cm³/mol. The molecule has 0 aliphatic heterocycles. The van der Waals surface area contributed by atoms with Crippen LogP contribution in [0.2, 0.25) is 0 Å². The summed E-state index contributed by atoms with van der Waals surface area (Å²) in [6, 6.07) is 0. The molecule has 0 saturated heterocycles. The van der Waals surface area contributed by atoms with E-state index in [9.17, 15) is 14.2 Å². The molecule has 0 heterocycles. The second-order valence-corrected chi connectivity index (χ2v) is 5.02. The zero-order valence-electron chi connectivity index (χ0n) is 11.5. The first-order valence-corrected chi connectivity index (χ1v) is 7.33. The van der Waals surface area contributed by atoms with Crippen LogP contribution in [0.4, 0.5) is 0 Å². The molecule has 0 aromatic carbocycles. The lowest BCUT2D eigenvalue weighted by molar-refractivity contribution is -0.142. The molecule has 0 aromatic rings. The third-order valence-corrected chi connectivity index (χ3v) is 2.82. The van der Waals surface area contributed by atoms with E-state index < -0.39 is 14.2 Å². The molecule has 7 nitrogen and oxygen atoms in total. The number of unbranched alkanes of at least 4 members (excludes halogenated alkanes) is 1. The highest BCUT2D eigenvalue weighted by atomic mass is 31.1. The summed E-state index contributed by atoms with van der Waals surface area (Å²) in [5, 5.41) is 7.97. The molecule has 0 spiro atoms. The van der Waals surface area contributed by atoms with Crippen LogP contribution in [0.25, 0.3) is 0 Å². The number of hydrogen-bond acceptors (Lipinski definition) is 7. The van der Waals surface area contributed by atoms with Crippen LogP contribution in [-0.2, 0) is 28.1 Å². The maximum atomic E-state index is 11.5. The Bertz CT molecular complexity index is 354. The van der Waals surface area contributed by atoms with Gasteiger partial charge in [-0.05, 0) is 26.2 Å². The second kappa shape index (κ2) is 11.7. The number of hydrogen-bond donors (Lipinski definition) is 1. The van der Waals surface area contributed by atoms with E-state index in [0.717, 1.165) is 0 Å². The van der Waals surface area contributed by atoms with Crippen molar-refractivity contribution in [3.63, 3.8) is 0 Å². The topological polar surface area (TPSA) is 99.1 Å². The number of Topliss-reactive ketones (excluding diaryl/α,β-unsaturated/α-hetero) is 1. The zero-order chi connectivity index (χ0) is 15.4. The molecule has 0 aliphatic rings. The fourth-order valence-corrected chi connectivity index (χ4v) is 1.59. The predicted octanol–water partition coefficient (Wildman–Crippen LogP) is 2.79. The summed E-state index contributed by atoms with van der Waals surface area (Å²) in [6.07, 6.45) is 2.35. The van der Waals surface area contributed by atoms with Gasteiger partial charge in [0, 0.05) is 23.0 Å². The van der Waals surface area contributed by atoms with E-state index in [0.29, 0.717) is 37.7 Å². The number of ether oxygens (including phenoxy) is 1. The van der Waals surface area contributed by atoms with Gasteiger partial charge < -0.3 is 4.74 Å². The monoisotopic (exact) mass is 307 g/mol. The summed E-state index contributed by atoms with van der Waals surface area (Å²) < 4.78 is 23.4. The molecule has 0 rings (SSSR count). The van der Waals surface area contributed by atoms with Gasteiger partial charge in [0.25, 0.3) is 0 Å². The van der Waals surface area contributed by atoms with Crippen molar-refractivity contribution in [3.8, 4) is 0 Å². The van der Waals surface area contributed by atoms with Gasteiger partial charge in [-0.25, -0.2) is 10.1 Å². The largest absolute Gasteiger partial charge is 0.728 e. The summed E-state index contributed by atoms with van der Waals surface area (Å²) in [5.74, 6) is -0.381. The van der Waals surface area contributed by atoms with Crippen molar-refractivity contribution in [2.24, 2.45) is 0 Å². The number of carbonyl (C=O) groups is 2. The van der Waals surface area contributed by atoms with Crippen LogP contribution < -0.4 is 0 Å². The Kier molecular flexibility index (Phi) is 11.0. The molecule has 20 heavy (non-hydrogen) atoms. The van der Waals surface area contributed by atoms with Crippen LogP contribution >= 0.6 is 8.25 Å². The first kappa shape index (κ1) is 18.9. The SMILES string of the molecule is C=C(C)C(=O)OCCCC(=O)CCCCO[P+](=O)OO. The number of ketones is 1. The summed E-state index contributed by atoms with van der Waals surface area (Å²) >= 11 is 0. The van der Waals surface area contributed by atoms with Crippen LogP contribution in [-0.4, -0.2) is 30.2 Å². The van der Waals surface area contributed by atoms with E-state index in [1.54, 1.807) is 6.92 Å². The average molecular weight is 307 g/mol. The molecule has 0 aliphatic carbocycles. The number of carbonyl (C=O) groups excluding carboxylic acids is 2. The maximum Gasteiger partial charge on any atom is 0.728 e. The van der Waals surface area contributed by atoms with Crippen molar-refractivity contribution in [2.45, 2.75) is 39.0 Å². The van der Waals surface area contributed by atoms with Crippen molar-refractivity contribution >= 4 is 20.0 Å². The molecule has 114 valence electrons. The van der Waals surface area contributed by atoms with Crippen molar-refractivity contribution in [3.05, 3.63) is 12.2 Å². The lowest BCUT2D eigenvalue weighted by Gasteiger charge is -2.03. The Balaban J connectivity index is 3.44. The molecule has 1 N–H and O–H groups in total. The third-order valence-electron chi connectivity index (χ3n) is 2.29. The molecule has 0 radical (unpaired) electrons. The molecule has 0 saturated carbocycles. The highest BCUT2D eigenvalue weighted by molar-refractivity contribution is 7.33. The van der Waals surface area contributed by atoms with Gasteiger partial charge >= 0.3 is 14.2 Å². The van der Waals surface area contributed by atoms with Gasteiger partial charge in [-0.1, -0.05) is 6.58 Å². The fraction of sp³-hybridized carbons (Fsp3) is 0.667. The van der Waals surface area contributed by atoms with Gasteiger partial charge in [0.05, 0.1) is 11.3 Å². The first-order valence-electron chi connectivity index (χ1n) is 6.23. The van der Waals surface area contributed by atoms with Gasteiger partial charge in [0.15, 0.2) is 0 Å². The zero-order valence-corrected chi connectivity index (χ0v) is 12.4. The molecule has 1 unspecified atom stereocenters. The Hall–Kier alpha value is -1.14. The number of esters is 1. The van der Waals surface area contributed by atoms with Crippen molar-refractivity contribution in [1.82, 2.24) is 0 Å². The summed E-state index contributed by atoms with van der Waals surface area (Å²) in [5.41, 5.74) is 0.335. The van der Waals surface area contributed by atoms with Gasteiger partial charge in [0.2, 0.25) is 0 Å². The van der Waals surface area contributed by atoms with Crippen molar-refractivity contribution in [1.29, 1.82) is 0 Å². The molecule has 0 bridgehead atoms. The normalized spacial score (nSPS) is 11.0. The van der Waals surface area contributed by atoms with Gasteiger partial charge in [-0.3, -0.25) is 4.79 Å². The molecule has 1 atom stereocenters. The van der Waals surface area contributed by atoms with E-state index in [2.05, 4.69) is 15.8 Å². The van der Waals surface area contributed by atoms with Crippen molar-refractivity contribution in [2.75, 3.05) is 13.2 Å². The van der Waals surface area contributed by atoms with Crippen molar-refractivity contribution < 1.29 is 33.3 Å². The van der Waals surface area contributed by atoms with Crippen LogP contribution in [0.5, 0.6) is 0 Å². The minimum atomic E-state index is -2.47. The Morgan fingerprint density at radius 3 is 2.40 bits per heavy atom. The van der Waals surface area contributed by atoms with E-state index >= 15 is 0 Å². The third kappa shape index (κ3) is 10.8. The lowest BCUT2D eigenvalue weighted by Crippen LogP contribution is -2.08. The lowest BCUT2D eigenvalue weighted by atomic mass is 10.1. The quantitative estimate of drug-likeness (QED) is 0.148. The minimum Gasteiger partial charge on any atom is -0.462 e. The highest BCUT2D eigenvalue weighted by Crippen LogP contribution is 2.21. The minimum absolute atomic E-state index is 0.0687. The highest BCUT2D eigenvalue weighted by Gasteiger charge is 2.18. The van der Waals surface area contributed by atoms with Gasteiger partial charge in [-0.2, -0.15) is 0 Å². The van der Waals surface area contributed by atoms with Crippen LogP contribution in [0.15, 0.2) is 12.2 Å². The van der Waals surface area contributed by atoms with Crippen LogP contribution in [0.1, 0.15) is 39.0 Å². The molecular weight excluding hydrogens is 287 g/mol. The standard InChI is InChI=1S/C12H19O7P/c1-10(2)12(14)17-8-5-7-11(13)6-3-4-9-18-20(16)19-15/h1,3-9H2,2H3/p+1. The van der Waals surface area contributed by atoms with Gasteiger partial charge in [-0.15, -0.1) is 4.52 Å². The molecule has 0 amide bonds. The molecule has 0 aromatic heterocycles. The fourth-order valence-electron chi connectivity index (χ4n) is 1.27. The van der Waals surface area contributed by atoms with Crippen LogP contribution in [0.3, 0.4) is 0 Å². The summed E-state index contributed by atoms with van der Waals surface area (Å²) in [6.45, 7) is 5.36. The van der Waals surface area contributed by atoms with Crippen LogP contribution in [0, 0.1) is 0 Å². The summed E-state index contributed by atoms with van der Waals surface area (Å²) in [4.78, 5) is 22.5. The number of rotatable bonds is 12. The van der Waals surface area contributed by atoms with E-state index in [-0.39, 0.29) is 19.0 Å². The Labute approximate surface area is 118 Å². The van der Waals surface area contributed by atoms with Gasteiger partial charge in [0.1, 0.15) is 12.4 Å². The first-order chi connectivity index (χ1) is 9.47. The Morgan fingerprint density at radius 2 is 1.80 bits per heavy atom. The Morgan fingerprint density at radius 1 is 1.15 bits per heavy atom. The maximum absolute atomic E-state index is 11.5. The summed E-state index contributed by atoms with van der Waals surface area (Å²) in [7, 11) is -2.47. The molecular formula is C12H20O7P+. The second-order valence-electron chi connectivity index (χ2n) is 4.15. The van der Waals surface area contributed by atoms with E-state index in [4.69, 9.17) is 9.99 Å². The molecule has 8 heteroatoms. The smallest absolute Gasteiger partial charge is 0.462 e. The average Bonchev–Trinajstić information content (AvgIpc) is 2.42. The van der Waals surface area contributed by atoms with E-state index in [1.165, 1.54) is 0 Å².